The third-order valence-corrected chi connectivity index (χ3v) is 3.89. The highest BCUT2D eigenvalue weighted by Crippen LogP contribution is 2.39. The third-order valence-electron chi connectivity index (χ3n) is 3.38. The molecule has 0 saturated heterocycles. The molecule has 0 spiro atoms. The Hall–Kier alpha value is -2.22. The Balaban J connectivity index is 3.38. The first-order valence-electron chi connectivity index (χ1n) is 6.97. The predicted molar refractivity (Wildman–Crippen MR) is 77.7 cm³/mol. The number of hydrogen-bond acceptors (Lipinski definition) is 4. The fourth-order valence-electron chi connectivity index (χ4n) is 1.94. The summed E-state index contributed by atoms with van der Waals surface area (Å²) in [5.74, 6) is -4.55. The zero-order valence-electron chi connectivity index (χ0n) is 13.8. The van der Waals surface area contributed by atoms with E-state index in [1.54, 1.807) is 0 Å². The van der Waals surface area contributed by atoms with Crippen molar-refractivity contribution < 1.29 is 58.9 Å². The van der Waals surface area contributed by atoms with Gasteiger partial charge in [-0.15, -0.1) is 11.6 Å². The number of esters is 1. The number of carbonyl (C=O) groups excluding carboxylic acids is 2. The molecule has 29 heavy (non-hydrogen) atoms. The van der Waals surface area contributed by atoms with E-state index in [4.69, 9.17) is 11.6 Å². The van der Waals surface area contributed by atoms with E-state index in [1.807, 2.05) is 0 Å². The zero-order valence-corrected chi connectivity index (χ0v) is 14.5. The largest absolute Gasteiger partial charge is 0.467 e. The summed E-state index contributed by atoms with van der Waals surface area (Å²) in [5, 5.41) is 7.61. The smallest absolute Gasteiger partial charge is 0.430 e. The van der Waals surface area contributed by atoms with Crippen molar-refractivity contribution in [2.75, 3.05) is 12.4 Å². The molecule has 1 amide bonds. The zero-order chi connectivity index (χ0) is 23.0. The topological polar surface area (TPSA) is 75.6 Å². The standard InChI is InChI=1S/C14H9ClF9NO4/c1-29-10(27)11(28,14(22,23)24)8(15)9(26)25-7-3-5(12(16,17)18)2-6(4-7)13(19,20)21/h2-4,8,28H,1H3,(H,25,26). The minimum atomic E-state index is -5.88. The Morgan fingerprint density at radius 1 is 0.966 bits per heavy atom. The van der Waals surface area contributed by atoms with Crippen LogP contribution in [0.15, 0.2) is 18.2 Å². The van der Waals surface area contributed by atoms with Crippen molar-refractivity contribution >= 4 is 29.2 Å². The summed E-state index contributed by atoms with van der Waals surface area (Å²) in [6.07, 6.45) is -16.5. The summed E-state index contributed by atoms with van der Waals surface area (Å²) >= 11 is 5.18. The normalized spacial score (nSPS) is 16.0. The molecule has 0 fully saturated rings. The third kappa shape index (κ3) is 5.23. The number of methoxy groups -OCH3 is 1. The summed E-state index contributed by atoms with van der Waals surface area (Å²) < 4.78 is 119. The van der Waals surface area contributed by atoms with Crippen LogP contribution in [0.5, 0.6) is 0 Å². The minimum absolute atomic E-state index is 0.0124. The number of nitrogens with one attached hydrogen (secondary N) is 1. The molecule has 5 nitrogen and oxygen atoms in total. The molecule has 1 aromatic rings. The van der Waals surface area contributed by atoms with Crippen LogP contribution in [0.3, 0.4) is 0 Å². The number of aliphatic hydroxyl groups is 1. The lowest BCUT2D eigenvalue weighted by atomic mass is 9.97. The summed E-state index contributed by atoms with van der Waals surface area (Å²) in [5.41, 5.74) is -9.64. The van der Waals surface area contributed by atoms with Crippen LogP contribution in [-0.4, -0.2) is 41.2 Å². The van der Waals surface area contributed by atoms with Crippen molar-refractivity contribution in [2.45, 2.75) is 29.5 Å². The molecule has 0 saturated carbocycles. The second-order valence-electron chi connectivity index (χ2n) is 5.40. The van der Waals surface area contributed by atoms with Crippen LogP contribution in [0.2, 0.25) is 0 Å². The molecule has 2 atom stereocenters. The molecule has 164 valence electrons. The molecule has 15 heteroatoms. The molecule has 0 aliphatic heterocycles. The van der Waals surface area contributed by atoms with Gasteiger partial charge in [-0.3, -0.25) is 4.79 Å². The van der Waals surface area contributed by atoms with E-state index in [-0.39, 0.29) is 18.2 Å². The van der Waals surface area contributed by atoms with Gasteiger partial charge in [0.25, 0.3) is 5.60 Å². The molecule has 0 aliphatic rings. The molecule has 0 aliphatic carbocycles. The Morgan fingerprint density at radius 2 is 1.38 bits per heavy atom. The van der Waals surface area contributed by atoms with Crippen LogP contribution in [0.4, 0.5) is 45.2 Å². The lowest BCUT2D eigenvalue weighted by Crippen LogP contribution is -2.62. The summed E-state index contributed by atoms with van der Waals surface area (Å²) in [6.45, 7) is 0. The van der Waals surface area contributed by atoms with Gasteiger partial charge < -0.3 is 15.2 Å². The molecule has 1 aromatic carbocycles. The van der Waals surface area contributed by atoms with Crippen LogP contribution in [0.1, 0.15) is 11.1 Å². The van der Waals surface area contributed by atoms with Gasteiger partial charge in [0.05, 0.1) is 18.2 Å². The fraction of sp³-hybridized carbons (Fsp3) is 0.429. The highest BCUT2D eigenvalue weighted by atomic mass is 35.5. The highest BCUT2D eigenvalue weighted by molar-refractivity contribution is 6.35. The lowest BCUT2D eigenvalue weighted by molar-refractivity contribution is -0.260. The first-order chi connectivity index (χ1) is 12.9. The highest BCUT2D eigenvalue weighted by Gasteiger charge is 2.67. The molecular formula is C14H9ClF9NO4. The molecule has 1 rings (SSSR count). The van der Waals surface area contributed by atoms with Crippen LogP contribution < -0.4 is 5.32 Å². The fourth-order valence-corrected chi connectivity index (χ4v) is 2.21. The van der Waals surface area contributed by atoms with Crippen LogP contribution in [0, 0.1) is 0 Å². The van der Waals surface area contributed by atoms with Crippen molar-refractivity contribution in [3.05, 3.63) is 29.3 Å². The Labute approximate surface area is 160 Å². The van der Waals surface area contributed by atoms with Gasteiger partial charge in [0.1, 0.15) is 0 Å². The summed E-state index contributed by atoms with van der Waals surface area (Å²) in [7, 11) is 0.406. The number of anilines is 1. The molecule has 2 unspecified atom stereocenters. The molecule has 0 radical (unpaired) electrons. The van der Waals surface area contributed by atoms with Crippen molar-refractivity contribution in [3.63, 3.8) is 0 Å². The maximum atomic E-state index is 13.0. The van der Waals surface area contributed by atoms with Crippen molar-refractivity contribution in [1.82, 2.24) is 0 Å². The monoisotopic (exact) mass is 461 g/mol. The predicted octanol–water partition coefficient (Wildman–Crippen LogP) is 3.74. The number of benzene rings is 1. The molecule has 0 aromatic heterocycles. The Kier molecular flexibility index (Phi) is 6.76. The van der Waals surface area contributed by atoms with Gasteiger partial charge in [-0.2, -0.15) is 39.5 Å². The number of amides is 1. The van der Waals surface area contributed by atoms with Crippen LogP contribution >= 0.6 is 11.6 Å². The van der Waals surface area contributed by atoms with Gasteiger partial charge in [0.15, 0.2) is 5.38 Å². The average Bonchev–Trinajstić information content (AvgIpc) is 2.56. The number of rotatable bonds is 4. The van der Waals surface area contributed by atoms with E-state index in [9.17, 15) is 54.2 Å². The second kappa shape index (κ2) is 7.89. The van der Waals surface area contributed by atoms with Gasteiger partial charge in [-0.05, 0) is 18.2 Å². The summed E-state index contributed by atoms with van der Waals surface area (Å²) in [4.78, 5) is 23.2. The number of carbonyl (C=O) groups is 2. The van der Waals surface area contributed by atoms with E-state index in [1.165, 1.54) is 5.32 Å². The van der Waals surface area contributed by atoms with E-state index < -0.39 is 58.2 Å². The maximum absolute atomic E-state index is 13.0. The van der Waals surface area contributed by atoms with E-state index in [0.717, 1.165) is 0 Å². The minimum Gasteiger partial charge on any atom is -0.467 e. The Morgan fingerprint density at radius 3 is 1.69 bits per heavy atom. The average molecular weight is 462 g/mol. The number of ether oxygens (including phenoxy) is 1. The first-order valence-corrected chi connectivity index (χ1v) is 7.41. The van der Waals surface area contributed by atoms with Crippen molar-refractivity contribution in [1.29, 1.82) is 0 Å². The number of hydrogen-bond donors (Lipinski definition) is 2. The van der Waals surface area contributed by atoms with Gasteiger partial charge in [-0.1, -0.05) is 0 Å². The quantitative estimate of drug-likeness (QED) is 0.407. The van der Waals surface area contributed by atoms with E-state index >= 15 is 0 Å². The molecular weight excluding hydrogens is 453 g/mol. The number of halogens is 10. The van der Waals surface area contributed by atoms with Gasteiger partial charge in [0, 0.05) is 5.69 Å². The van der Waals surface area contributed by atoms with Crippen LogP contribution in [0.25, 0.3) is 0 Å². The van der Waals surface area contributed by atoms with E-state index in [0.29, 0.717) is 7.11 Å². The lowest BCUT2D eigenvalue weighted by Gasteiger charge is -2.30. The Bertz CT molecular complexity index is 759. The van der Waals surface area contributed by atoms with Gasteiger partial charge in [0.2, 0.25) is 5.91 Å². The SMILES string of the molecule is COC(=O)C(O)(C(Cl)C(=O)Nc1cc(C(F)(F)F)cc(C(F)(F)F)c1)C(F)(F)F. The molecule has 0 heterocycles. The van der Waals surface area contributed by atoms with Crippen LogP contribution in [-0.2, 0) is 26.7 Å². The summed E-state index contributed by atoms with van der Waals surface area (Å²) in [6, 6.07) is -0.322. The maximum Gasteiger partial charge on any atom is 0.430 e. The van der Waals surface area contributed by atoms with Crippen molar-refractivity contribution in [3.8, 4) is 0 Å². The van der Waals surface area contributed by atoms with Gasteiger partial charge >= 0.3 is 24.5 Å². The number of alkyl halides is 10. The van der Waals surface area contributed by atoms with Crippen molar-refractivity contribution in [2.24, 2.45) is 0 Å². The second-order valence-corrected chi connectivity index (χ2v) is 5.84. The van der Waals surface area contributed by atoms with E-state index in [2.05, 4.69) is 4.74 Å². The molecule has 0 bridgehead atoms. The first kappa shape index (κ1) is 24.8. The molecule has 2 N–H and O–H groups in total. The van der Waals surface area contributed by atoms with Gasteiger partial charge in [-0.25, -0.2) is 4.79 Å².